The first-order chi connectivity index (χ1) is 18.3. The summed E-state index contributed by atoms with van der Waals surface area (Å²) >= 11 is 1.15. The van der Waals surface area contributed by atoms with E-state index in [1.54, 1.807) is 51.0 Å². The molecule has 0 fully saturated rings. The van der Waals surface area contributed by atoms with Gasteiger partial charge in [0.1, 0.15) is 10.3 Å². The normalized spacial score (nSPS) is 17.8. The Morgan fingerprint density at radius 1 is 1.16 bits per heavy atom. The number of rotatable bonds is 6. The number of ether oxygens (including phenoxy) is 2. The van der Waals surface area contributed by atoms with E-state index in [1.165, 1.54) is 4.57 Å². The highest BCUT2D eigenvalue weighted by Crippen LogP contribution is 2.35. The maximum Gasteiger partial charge on any atom is 0.338 e. The molecule has 0 radical (unpaired) electrons. The lowest BCUT2D eigenvalue weighted by atomic mass is 9.95. The van der Waals surface area contributed by atoms with Crippen LogP contribution < -0.4 is 24.5 Å². The summed E-state index contributed by atoms with van der Waals surface area (Å²) in [6.45, 7) is 9.36. The number of hydrogen-bond donors (Lipinski definition) is 0. The van der Waals surface area contributed by atoms with Gasteiger partial charge in [0.15, 0.2) is 4.80 Å². The van der Waals surface area contributed by atoms with Crippen LogP contribution in [-0.2, 0) is 14.3 Å². The zero-order chi connectivity index (χ0) is 27.1. The SMILES string of the molecule is C=CCN1C(=O)/C(=c2/sc3n(c2=O)C(c2ccc(OC)cc2)C(C(=O)OC(C)C)=C(C)N=3)c2ccccc21. The summed E-state index contributed by atoms with van der Waals surface area (Å²) in [6, 6.07) is 13.8. The van der Waals surface area contributed by atoms with E-state index in [-0.39, 0.29) is 22.1 Å². The van der Waals surface area contributed by atoms with Crippen molar-refractivity contribution in [2.45, 2.75) is 32.9 Å². The maximum absolute atomic E-state index is 14.1. The van der Waals surface area contributed by atoms with E-state index >= 15 is 0 Å². The summed E-state index contributed by atoms with van der Waals surface area (Å²) in [5, 5.41) is 0. The monoisotopic (exact) mass is 529 g/mol. The summed E-state index contributed by atoms with van der Waals surface area (Å²) in [4.78, 5) is 47.6. The number of aromatic nitrogens is 1. The van der Waals surface area contributed by atoms with Crippen molar-refractivity contribution < 1.29 is 19.1 Å². The molecule has 0 saturated carbocycles. The minimum Gasteiger partial charge on any atom is -0.497 e. The van der Waals surface area contributed by atoms with E-state index < -0.39 is 17.6 Å². The number of nitrogens with zero attached hydrogens (tertiary/aromatic N) is 3. The third-order valence-electron chi connectivity index (χ3n) is 6.45. The molecule has 2 aliphatic rings. The Morgan fingerprint density at radius 2 is 1.87 bits per heavy atom. The Kier molecular flexibility index (Phi) is 6.62. The van der Waals surface area contributed by atoms with Gasteiger partial charge in [-0.1, -0.05) is 47.7 Å². The van der Waals surface area contributed by atoms with Crippen molar-refractivity contribution in [2.75, 3.05) is 18.6 Å². The Bertz CT molecular complexity index is 1680. The van der Waals surface area contributed by atoms with Gasteiger partial charge in [0.05, 0.1) is 41.8 Å². The van der Waals surface area contributed by atoms with Crippen LogP contribution in [-0.4, -0.2) is 36.2 Å². The molecule has 8 nitrogen and oxygen atoms in total. The number of allylic oxidation sites excluding steroid dienone is 1. The molecule has 2 aliphatic heterocycles. The Hall–Kier alpha value is -4.24. The second-order valence-corrected chi connectivity index (χ2v) is 10.2. The molecular weight excluding hydrogens is 502 g/mol. The average Bonchev–Trinajstić information content (AvgIpc) is 3.35. The number of carbonyl (C=O) groups is 2. The number of thiazole rings is 1. The van der Waals surface area contributed by atoms with Crippen LogP contribution in [0, 0.1) is 0 Å². The molecule has 1 amide bonds. The number of benzene rings is 2. The quantitative estimate of drug-likeness (QED) is 0.362. The summed E-state index contributed by atoms with van der Waals surface area (Å²) in [5.41, 5.74) is 2.77. The molecule has 5 rings (SSSR count). The molecule has 2 aromatic carbocycles. The van der Waals surface area contributed by atoms with Crippen LogP contribution in [0.3, 0.4) is 0 Å². The molecule has 3 heterocycles. The van der Waals surface area contributed by atoms with Crippen molar-refractivity contribution >= 4 is 34.5 Å². The molecule has 1 aromatic heterocycles. The topological polar surface area (TPSA) is 90.2 Å². The summed E-state index contributed by atoms with van der Waals surface area (Å²) in [6.07, 6.45) is 1.30. The molecule has 9 heteroatoms. The van der Waals surface area contributed by atoms with E-state index in [0.29, 0.717) is 39.5 Å². The number of para-hydroxylation sites is 1. The molecular formula is C29H27N3O5S. The molecule has 1 unspecified atom stereocenters. The van der Waals surface area contributed by atoms with Gasteiger partial charge in [0, 0.05) is 12.1 Å². The zero-order valence-corrected chi connectivity index (χ0v) is 22.4. The van der Waals surface area contributed by atoms with Gasteiger partial charge in [0.2, 0.25) is 0 Å². The Morgan fingerprint density at radius 3 is 2.53 bits per heavy atom. The molecule has 0 aliphatic carbocycles. The van der Waals surface area contributed by atoms with E-state index in [9.17, 15) is 14.4 Å². The third-order valence-corrected chi connectivity index (χ3v) is 7.51. The van der Waals surface area contributed by atoms with E-state index in [1.807, 2.05) is 36.4 Å². The minimum absolute atomic E-state index is 0.271. The highest BCUT2D eigenvalue weighted by molar-refractivity contribution is 7.07. The molecule has 0 bridgehead atoms. The maximum atomic E-state index is 14.1. The smallest absolute Gasteiger partial charge is 0.338 e. The van der Waals surface area contributed by atoms with Crippen LogP contribution in [0.15, 0.2) is 82.2 Å². The molecule has 38 heavy (non-hydrogen) atoms. The Balaban J connectivity index is 1.79. The van der Waals surface area contributed by atoms with Crippen molar-refractivity contribution in [3.05, 3.63) is 103 Å². The van der Waals surface area contributed by atoms with Crippen LogP contribution in [0.4, 0.5) is 5.69 Å². The number of fused-ring (bicyclic) bond motifs is 2. The van der Waals surface area contributed by atoms with Crippen molar-refractivity contribution in [3.8, 4) is 5.75 Å². The summed E-state index contributed by atoms with van der Waals surface area (Å²) < 4.78 is 12.6. The van der Waals surface area contributed by atoms with Crippen molar-refractivity contribution in [1.29, 1.82) is 0 Å². The number of amides is 1. The standard InChI is InChI=1S/C29H27N3O5S/c1-6-15-31-21-10-8-7-9-20(21)23(26(31)33)25-27(34)32-24(18-11-13-19(36-5)14-12-18)22(28(35)37-16(2)3)17(4)30-29(32)38-25/h6-14,16,24H,1,15H2,2-5H3/b25-23+. The fourth-order valence-corrected chi connectivity index (χ4v) is 5.96. The Labute approximate surface area is 223 Å². The highest BCUT2D eigenvalue weighted by Gasteiger charge is 2.37. The van der Waals surface area contributed by atoms with Crippen molar-refractivity contribution in [3.63, 3.8) is 0 Å². The molecule has 0 spiro atoms. The number of esters is 1. The van der Waals surface area contributed by atoms with Gasteiger partial charge < -0.3 is 14.4 Å². The lowest BCUT2D eigenvalue weighted by Crippen LogP contribution is -2.41. The fraction of sp³-hybridized carbons (Fsp3) is 0.241. The van der Waals surface area contributed by atoms with Gasteiger partial charge in [-0.3, -0.25) is 14.2 Å². The highest BCUT2D eigenvalue weighted by atomic mass is 32.1. The largest absolute Gasteiger partial charge is 0.497 e. The second kappa shape index (κ2) is 9.90. The summed E-state index contributed by atoms with van der Waals surface area (Å²) in [7, 11) is 1.57. The van der Waals surface area contributed by atoms with Crippen LogP contribution >= 0.6 is 11.3 Å². The number of methoxy groups -OCH3 is 1. The van der Waals surface area contributed by atoms with Gasteiger partial charge >= 0.3 is 5.97 Å². The predicted molar refractivity (Wildman–Crippen MR) is 146 cm³/mol. The van der Waals surface area contributed by atoms with Gasteiger partial charge in [-0.15, -0.1) is 6.58 Å². The molecule has 0 saturated heterocycles. The average molecular weight is 530 g/mol. The van der Waals surface area contributed by atoms with Gasteiger partial charge in [-0.05, 0) is 44.5 Å². The molecule has 0 N–H and O–H groups in total. The summed E-state index contributed by atoms with van der Waals surface area (Å²) in [5.74, 6) is -0.169. The number of anilines is 1. The minimum atomic E-state index is -0.784. The zero-order valence-electron chi connectivity index (χ0n) is 21.6. The molecule has 1 atom stereocenters. The number of carbonyl (C=O) groups excluding carboxylic acids is 2. The van der Waals surface area contributed by atoms with Crippen molar-refractivity contribution in [2.24, 2.45) is 4.99 Å². The fourth-order valence-electron chi connectivity index (χ4n) is 4.82. The third kappa shape index (κ3) is 4.09. The first kappa shape index (κ1) is 25.4. The van der Waals surface area contributed by atoms with Crippen LogP contribution in [0.25, 0.3) is 5.57 Å². The number of hydrogen-bond acceptors (Lipinski definition) is 7. The first-order valence-electron chi connectivity index (χ1n) is 12.2. The molecule has 194 valence electrons. The van der Waals surface area contributed by atoms with E-state index in [2.05, 4.69) is 11.6 Å². The van der Waals surface area contributed by atoms with E-state index in [4.69, 9.17) is 9.47 Å². The van der Waals surface area contributed by atoms with Gasteiger partial charge in [-0.25, -0.2) is 9.79 Å². The van der Waals surface area contributed by atoms with Crippen molar-refractivity contribution in [1.82, 2.24) is 4.57 Å². The van der Waals surface area contributed by atoms with Gasteiger partial charge in [0.25, 0.3) is 11.5 Å². The van der Waals surface area contributed by atoms with Crippen LogP contribution in [0.5, 0.6) is 5.75 Å². The predicted octanol–water partition coefficient (Wildman–Crippen LogP) is 3.10. The second-order valence-electron chi connectivity index (χ2n) is 9.23. The van der Waals surface area contributed by atoms with E-state index in [0.717, 1.165) is 17.0 Å². The molecule has 3 aromatic rings. The van der Waals surface area contributed by atoms with Crippen LogP contribution in [0.1, 0.15) is 37.9 Å². The lowest BCUT2D eigenvalue weighted by molar-refractivity contribution is -0.143. The van der Waals surface area contributed by atoms with Crippen LogP contribution in [0.2, 0.25) is 0 Å². The lowest BCUT2D eigenvalue weighted by Gasteiger charge is -2.25. The first-order valence-corrected chi connectivity index (χ1v) is 13.0. The van der Waals surface area contributed by atoms with Gasteiger partial charge in [-0.2, -0.15) is 0 Å².